The molecule has 0 spiro atoms. The van der Waals surface area contributed by atoms with E-state index in [1.54, 1.807) is 24.3 Å². The largest absolute Gasteiger partial charge is 0.349 e. The summed E-state index contributed by atoms with van der Waals surface area (Å²) in [7, 11) is 0. The fourth-order valence-electron chi connectivity index (χ4n) is 4.02. The molecule has 1 N–H and O–H groups in total. The molecule has 1 heterocycles. The van der Waals surface area contributed by atoms with E-state index in [1.165, 1.54) is 17.1 Å². The van der Waals surface area contributed by atoms with Gasteiger partial charge in [-0.25, -0.2) is 9.40 Å². The normalized spacial score (nSPS) is 17.9. The van der Waals surface area contributed by atoms with Crippen LogP contribution in [0.1, 0.15) is 60.0 Å². The van der Waals surface area contributed by atoms with Gasteiger partial charge in [0.2, 0.25) is 5.91 Å². The van der Waals surface area contributed by atoms with Gasteiger partial charge in [-0.3, -0.25) is 14.4 Å². The van der Waals surface area contributed by atoms with Crippen LogP contribution in [0.2, 0.25) is 0 Å². The molecule has 2 fully saturated rings. The Morgan fingerprint density at radius 3 is 2.29 bits per heavy atom. The summed E-state index contributed by atoms with van der Waals surface area (Å²) in [5, 5.41) is 8.67. The van der Waals surface area contributed by atoms with Crippen LogP contribution in [0.15, 0.2) is 53.6 Å². The summed E-state index contributed by atoms with van der Waals surface area (Å²) >= 11 is 0. The minimum absolute atomic E-state index is 0.0633. The van der Waals surface area contributed by atoms with Crippen molar-refractivity contribution >= 4 is 23.4 Å². The van der Waals surface area contributed by atoms with Gasteiger partial charge in [0.1, 0.15) is 11.5 Å². The summed E-state index contributed by atoms with van der Waals surface area (Å²) < 4.78 is 13.2. The highest BCUT2D eigenvalue weighted by molar-refractivity contribution is 6.39. The Bertz CT molecular complexity index is 1120. The predicted molar refractivity (Wildman–Crippen MR) is 124 cm³/mol. The zero-order valence-electron chi connectivity index (χ0n) is 18.9. The maximum atomic E-state index is 13.4. The lowest BCUT2D eigenvalue weighted by Crippen LogP contribution is -2.42. The van der Waals surface area contributed by atoms with E-state index in [0.29, 0.717) is 30.3 Å². The van der Waals surface area contributed by atoms with Crippen molar-refractivity contribution in [2.45, 2.75) is 63.7 Å². The Hall–Kier alpha value is -3.55. The Morgan fingerprint density at radius 1 is 0.971 bits per heavy atom. The third-order valence-corrected chi connectivity index (χ3v) is 6.33. The third-order valence-electron chi connectivity index (χ3n) is 6.33. The molecule has 0 bridgehead atoms. The highest BCUT2D eigenvalue weighted by Gasteiger charge is 2.36. The summed E-state index contributed by atoms with van der Waals surface area (Å²) in [5.41, 5.74) is 2.68. The number of amides is 3. The van der Waals surface area contributed by atoms with Gasteiger partial charge in [-0.15, -0.1) is 0 Å². The summed E-state index contributed by atoms with van der Waals surface area (Å²) in [4.78, 5) is 39.8. The minimum atomic E-state index is -0.343. The van der Waals surface area contributed by atoms with Crippen LogP contribution in [0.3, 0.4) is 0 Å². The summed E-state index contributed by atoms with van der Waals surface area (Å²) in [6.45, 7) is 0.628. The van der Waals surface area contributed by atoms with E-state index in [2.05, 4.69) is 10.4 Å². The number of hydrazone groups is 1. The van der Waals surface area contributed by atoms with Gasteiger partial charge in [0.15, 0.2) is 0 Å². The molecule has 1 aliphatic heterocycles. The van der Waals surface area contributed by atoms with Crippen molar-refractivity contribution < 1.29 is 18.8 Å². The number of hydrogen-bond acceptors (Lipinski definition) is 4. The van der Waals surface area contributed by atoms with Gasteiger partial charge in [0.05, 0.1) is 6.54 Å². The lowest BCUT2D eigenvalue weighted by atomic mass is 10.1. The zero-order chi connectivity index (χ0) is 23.7. The van der Waals surface area contributed by atoms with Gasteiger partial charge >= 0.3 is 0 Å². The minimum Gasteiger partial charge on any atom is -0.349 e. The van der Waals surface area contributed by atoms with Gasteiger partial charge in [0, 0.05) is 37.0 Å². The summed E-state index contributed by atoms with van der Waals surface area (Å²) in [6, 6.07) is 13.7. The Morgan fingerprint density at radius 2 is 1.65 bits per heavy atom. The Balaban J connectivity index is 1.27. The van der Waals surface area contributed by atoms with Gasteiger partial charge in [-0.05, 0) is 61.1 Å². The average molecular weight is 463 g/mol. The lowest BCUT2D eigenvalue weighted by molar-refractivity contribution is -0.132. The number of rotatable bonds is 8. The van der Waals surface area contributed by atoms with Crippen molar-refractivity contribution in [2.75, 3.05) is 0 Å². The van der Waals surface area contributed by atoms with Crippen molar-refractivity contribution in [1.29, 1.82) is 0 Å². The van der Waals surface area contributed by atoms with Crippen LogP contribution in [0, 0.1) is 5.82 Å². The predicted octanol–water partition coefficient (Wildman–Crippen LogP) is 3.39. The van der Waals surface area contributed by atoms with Crippen LogP contribution in [-0.2, 0) is 22.7 Å². The quantitative estimate of drug-likeness (QED) is 0.653. The van der Waals surface area contributed by atoms with Gasteiger partial charge < -0.3 is 10.2 Å². The molecule has 3 aliphatic rings. The van der Waals surface area contributed by atoms with Gasteiger partial charge in [-0.2, -0.15) is 5.10 Å². The van der Waals surface area contributed by atoms with Gasteiger partial charge in [-0.1, -0.05) is 24.3 Å². The lowest BCUT2D eigenvalue weighted by Gasteiger charge is -2.27. The van der Waals surface area contributed by atoms with Crippen LogP contribution >= 0.6 is 0 Å². The summed E-state index contributed by atoms with van der Waals surface area (Å²) in [5.74, 6) is -0.718. The highest BCUT2D eigenvalue weighted by atomic mass is 19.1. The summed E-state index contributed by atoms with van der Waals surface area (Å²) in [6.07, 6.45) is 4.49. The molecule has 0 radical (unpaired) electrons. The van der Waals surface area contributed by atoms with E-state index < -0.39 is 0 Å². The zero-order valence-corrected chi connectivity index (χ0v) is 18.9. The molecule has 5 rings (SSSR count). The Labute approximate surface area is 197 Å². The highest BCUT2D eigenvalue weighted by Crippen LogP contribution is 2.30. The number of carbonyl (C=O) groups excluding carboxylic acids is 3. The molecule has 0 atom stereocenters. The standard InChI is InChI=1S/C26H27FN4O3/c27-20-7-3-18(4-8-20)16-31-24(32)14-13-23(29-31)26(34)30(22-11-12-22)15-17-1-5-19(6-2-17)25(33)28-21-9-10-21/h1-8,21-22H,9-16H2,(H,28,33). The van der Waals surface area contributed by atoms with Crippen molar-refractivity contribution in [3.8, 4) is 0 Å². The molecule has 3 amide bonds. The smallest absolute Gasteiger partial charge is 0.270 e. The second-order valence-electron chi connectivity index (χ2n) is 9.23. The fourth-order valence-corrected chi connectivity index (χ4v) is 4.02. The number of benzene rings is 2. The van der Waals surface area contributed by atoms with Crippen LogP contribution in [0.4, 0.5) is 4.39 Å². The topological polar surface area (TPSA) is 82.1 Å². The molecule has 2 aromatic rings. The number of nitrogens with zero attached hydrogens (tertiary/aromatic N) is 3. The maximum absolute atomic E-state index is 13.4. The third kappa shape index (κ3) is 5.32. The van der Waals surface area contributed by atoms with Crippen molar-refractivity contribution in [1.82, 2.24) is 15.2 Å². The molecule has 7 nitrogen and oxygen atoms in total. The van der Waals surface area contributed by atoms with Gasteiger partial charge in [0.25, 0.3) is 11.8 Å². The maximum Gasteiger partial charge on any atom is 0.270 e. The first-order chi connectivity index (χ1) is 16.5. The van der Waals surface area contributed by atoms with E-state index in [0.717, 1.165) is 36.8 Å². The van der Waals surface area contributed by atoms with E-state index >= 15 is 0 Å². The number of carbonyl (C=O) groups is 3. The molecule has 0 aromatic heterocycles. The second-order valence-corrected chi connectivity index (χ2v) is 9.23. The monoisotopic (exact) mass is 462 g/mol. The molecule has 2 aromatic carbocycles. The van der Waals surface area contributed by atoms with Crippen molar-refractivity contribution in [3.05, 3.63) is 71.0 Å². The van der Waals surface area contributed by atoms with Crippen LogP contribution in [-0.4, -0.2) is 45.4 Å². The molecular weight excluding hydrogens is 435 g/mol. The first-order valence-electron chi connectivity index (χ1n) is 11.8. The Kier molecular flexibility index (Phi) is 6.13. The molecule has 0 saturated heterocycles. The van der Waals surface area contributed by atoms with Crippen LogP contribution in [0.5, 0.6) is 0 Å². The molecular formula is C26H27FN4O3. The van der Waals surface area contributed by atoms with E-state index in [9.17, 15) is 18.8 Å². The fraction of sp³-hybridized carbons (Fsp3) is 0.385. The van der Waals surface area contributed by atoms with Crippen LogP contribution < -0.4 is 5.32 Å². The van der Waals surface area contributed by atoms with E-state index in [4.69, 9.17) is 0 Å². The van der Waals surface area contributed by atoms with Crippen molar-refractivity contribution in [3.63, 3.8) is 0 Å². The van der Waals surface area contributed by atoms with Crippen LogP contribution in [0.25, 0.3) is 0 Å². The molecule has 176 valence electrons. The van der Waals surface area contributed by atoms with Crippen molar-refractivity contribution in [2.24, 2.45) is 5.10 Å². The second kappa shape index (κ2) is 9.37. The number of halogens is 1. The molecule has 2 saturated carbocycles. The molecule has 8 heteroatoms. The number of hydrogen-bond donors (Lipinski definition) is 1. The number of nitrogens with one attached hydrogen (secondary N) is 1. The SMILES string of the molecule is O=C(NC1CC1)c1ccc(CN(C(=O)C2=NN(Cc3ccc(F)cc3)C(=O)CC2)C2CC2)cc1. The molecule has 0 unspecified atom stereocenters. The average Bonchev–Trinajstić information content (AvgIpc) is 3.76. The van der Waals surface area contributed by atoms with E-state index in [1.807, 2.05) is 17.0 Å². The molecule has 2 aliphatic carbocycles. The first kappa shape index (κ1) is 22.3. The van der Waals surface area contributed by atoms with E-state index in [-0.39, 0.29) is 42.5 Å². The molecule has 34 heavy (non-hydrogen) atoms. The first-order valence-corrected chi connectivity index (χ1v) is 11.8.